The third-order valence-electron chi connectivity index (χ3n) is 5.44. The molecule has 1 aromatic carbocycles. The second kappa shape index (κ2) is 9.72. The normalized spacial score (nSPS) is 13.1. The van der Waals surface area contributed by atoms with Gasteiger partial charge in [-0.05, 0) is 50.2 Å². The molecule has 0 saturated carbocycles. The van der Waals surface area contributed by atoms with Crippen molar-refractivity contribution in [3.8, 4) is 0 Å². The second-order valence-electron chi connectivity index (χ2n) is 7.60. The van der Waals surface area contributed by atoms with E-state index in [0.717, 1.165) is 62.0 Å². The van der Waals surface area contributed by atoms with Gasteiger partial charge in [-0.2, -0.15) is 0 Å². The number of fused-ring (bicyclic) bond motifs is 1. The Morgan fingerprint density at radius 2 is 1.83 bits per heavy atom. The molecule has 3 rings (SSSR count). The van der Waals surface area contributed by atoms with Gasteiger partial charge < -0.3 is 14.8 Å². The molecule has 1 N–H and O–H groups in total. The summed E-state index contributed by atoms with van der Waals surface area (Å²) < 4.78 is 1.98. The van der Waals surface area contributed by atoms with Crippen molar-refractivity contribution >= 4 is 17.5 Å². The number of para-hydroxylation sites is 1. The van der Waals surface area contributed by atoms with Crippen LogP contribution in [0.15, 0.2) is 24.3 Å². The Balaban J connectivity index is 1.93. The fourth-order valence-electron chi connectivity index (χ4n) is 4.02. The van der Waals surface area contributed by atoms with Gasteiger partial charge in [-0.1, -0.05) is 39.0 Å². The van der Waals surface area contributed by atoms with E-state index in [-0.39, 0.29) is 11.8 Å². The van der Waals surface area contributed by atoms with Crippen LogP contribution in [0.5, 0.6) is 0 Å². The lowest BCUT2D eigenvalue weighted by atomic mass is 10.1. The molecule has 156 valence electrons. The molecular formula is C23H32N4O2. The fraction of sp³-hybridized carbons (Fsp3) is 0.522. The maximum atomic E-state index is 13.2. The average Bonchev–Trinajstić information content (AvgIpc) is 3.13. The largest absolute Gasteiger partial charge is 0.336 e. The third kappa shape index (κ3) is 4.52. The number of anilines is 1. The predicted octanol–water partition coefficient (Wildman–Crippen LogP) is 4.30. The van der Waals surface area contributed by atoms with Crippen molar-refractivity contribution in [3.05, 3.63) is 47.0 Å². The summed E-state index contributed by atoms with van der Waals surface area (Å²) in [5.74, 6) is 0.119. The third-order valence-corrected chi connectivity index (χ3v) is 5.44. The Hall–Kier alpha value is -2.63. The van der Waals surface area contributed by atoms with E-state index in [2.05, 4.69) is 31.1 Å². The summed E-state index contributed by atoms with van der Waals surface area (Å²) >= 11 is 0. The van der Waals surface area contributed by atoms with Crippen LogP contribution in [0, 0.1) is 0 Å². The van der Waals surface area contributed by atoms with E-state index in [4.69, 9.17) is 0 Å². The zero-order chi connectivity index (χ0) is 20.8. The second-order valence-corrected chi connectivity index (χ2v) is 7.60. The summed E-state index contributed by atoms with van der Waals surface area (Å²) in [6.45, 7) is 8.37. The number of aromatic nitrogens is 2. The highest BCUT2D eigenvalue weighted by Gasteiger charge is 2.29. The Morgan fingerprint density at radius 3 is 2.52 bits per heavy atom. The number of hydrogen-bond donors (Lipinski definition) is 1. The Morgan fingerprint density at radius 1 is 1.10 bits per heavy atom. The summed E-state index contributed by atoms with van der Waals surface area (Å²) in [4.78, 5) is 32.7. The summed E-state index contributed by atoms with van der Waals surface area (Å²) in [6, 6.07) is 7.82. The van der Waals surface area contributed by atoms with E-state index in [1.54, 1.807) is 0 Å². The van der Waals surface area contributed by atoms with Crippen LogP contribution < -0.4 is 5.32 Å². The van der Waals surface area contributed by atoms with Crippen molar-refractivity contribution in [2.75, 3.05) is 18.4 Å². The number of amides is 2. The van der Waals surface area contributed by atoms with Crippen molar-refractivity contribution in [1.29, 1.82) is 0 Å². The van der Waals surface area contributed by atoms with Gasteiger partial charge in [0.2, 0.25) is 0 Å². The molecule has 0 unspecified atom stereocenters. The minimum atomic E-state index is -0.229. The highest BCUT2D eigenvalue weighted by Crippen LogP contribution is 2.24. The molecule has 6 nitrogen and oxygen atoms in total. The highest BCUT2D eigenvalue weighted by atomic mass is 16.2. The minimum absolute atomic E-state index is 0.0649. The SMILES string of the molecule is CCCN(CCC)C(=O)c1nc(C(=O)Nc2ccccc2CC)c2n1CCCC2. The molecule has 2 amide bonds. The number of nitrogens with zero attached hydrogens (tertiary/aromatic N) is 3. The van der Waals surface area contributed by atoms with Gasteiger partial charge >= 0.3 is 0 Å². The lowest BCUT2D eigenvalue weighted by Crippen LogP contribution is -2.35. The van der Waals surface area contributed by atoms with Gasteiger partial charge in [-0.15, -0.1) is 0 Å². The maximum absolute atomic E-state index is 13.2. The van der Waals surface area contributed by atoms with Gasteiger partial charge in [0.15, 0.2) is 11.5 Å². The lowest BCUT2D eigenvalue weighted by Gasteiger charge is -2.23. The zero-order valence-corrected chi connectivity index (χ0v) is 17.8. The fourth-order valence-corrected chi connectivity index (χ4v) is 4.02. The molecule has 2 aromatic rings. The molecule has 0 aliphatic carbocycles. The Labute approximate surface area is 173 Å². The first-order valence-corrected chi connectivity index (χ1v) is 10.9. The van der Waals surface area contributed by atoms with E-state index < -0.39 is 0 Å². The lowest BCUT2D eigenvalue weighted by molar-refractivity contribution is 0.0737. The first-order chi connectivity index (χ1) is 14.1. The molecular weight excluding hydrogens is 364 g/mol. The molecule has 29 heavy (non-hydrogen) atoms. The van der Waals surface area contributed by atoms with Crippen LogP contribution in [0.3, 0.4) is 0 Å². The summed E-state index contributed by atoms with van der Waals surface area (Å²) in [6.07, 6.45) is 5.44. The van der Waals surface area contributed by atoms with E-state index in [1.165, 1.54) is 0 Å². The topological polar surface area (TPSA) is 67.2 Å². The average molecular weight is 397 g/mol. The minimum Gasteiger partial charge on any atom is -0.336 e. The van der Waals surface area contributed by atoms with Crippen molar-refractivity contribution in [2.24, 2.45) is 0 Å². The standard InChI is InChI=1S/C23H32N4O2/c1-4-14-26(15-5-2)23(29)21-25-20(19-13-9-10-16-27(19)21)22(28)24-18-12-8-7-11-17(18)6-3/h7-8,11-12H,4-6,9-10,13-16H2,1-3H3,(H,24,28). The highest BCUT2D eigenvalue weighted by molar-refractivity contribution is 6.05. The van der Waals surface area contributed by atoms with Crippen molar-refractivity contribution in [1.82, 2.24) is 14.5 Å². The van der Waals surface area contributed by atoms with Crippen molar-refractivity contribution in [2.45, 2.75) is 65.8 Å². The molecule has 0 fully saturated rings. The molecule has 1 aliphatic rings. The number of imidazole rings is 1. The molecule has 0 saturated heterocycles. The number of carbonyl (C=O) groups excluding carboxylic acids is 2. The van der Waals surface area contributed by atoms with Crippen LogP contribution >= 0.6 is 0 Å². The number of nitrogens with one attached hydrogen (secondary N) is 1. The van der Waals surface area contributed by atoms with E-state index >= 15 is 0 Å². The zero-order valence-electron chi connectivity index (χ0n) is 17.8. The van der Waals surface area contributed by atoms with Gasteiger partial charge in [-0.25, -0.2) is 4.98 Å². The Bertz CT molecular complexity index is 866. The molecule has 0 radical (unpaired) electrons. The quantitative estimate of drug-likeness (QED) is 0.723. The van der Waals surface area contributed by atoms with Gasteiger partial charge in [0.1, 0.15) is 0 Å². The van der Waals surface area contributed by atoms with Crippen molar-refractivity contribution < 1.29 is 9.59 Å². The first kappa shape index (κ1) is 21.1. The Kier molecular flexibility index (Phi) is 7.07. The maximum Gasteiger partial charge on any atom is 0.289 e. The van der Waals surface area contributed by atoms with Crippen LogP contribution in [0.25, 0.3) is 0 Å². The van der Waals surface area contributed by atoms with Crippen LogP contribution in [0.2, 0.25) is 0 Å². The smallest absolute Gasteiger partial charge is 0.289 e. The number of carbonyl (C=O) groups is 2. The molecule has 0 spiro atoms. The van der Waals surface area contributed by atoms with Gasteiger partial charge in [0.25, 0.3) is 11.8 Å². The predicted molar refractivity (Wildman–Crippen MR) is 115 cm³/mol. The van der Waals surface area contributed by atoms with Crippen LogP contribution in [-0.2, 0) is 19.4 Å². The molecule has 1 aromatic heterocycles. The number of benzene rings is 1. The summed E-state index contributed by atoms with van der Waals surface area (Å²) in [7, 11) is 0. The molecule has 1 aliphatic heterocycles. The van der Waals surface area contributed by atoms with Crippen LogP contribution in [0.1, 0.15) is 78.8 Å². The number of hydrogen-bond acceptors (Lipinski definition) is 3. The summed E-state index contributed by atoms with van der Waals surface area (Å²) in [5, 5.41) is 3.02. The molecule has 2 heterocycles. The van der Waals surface area contributed by atoms with Gasteiger partial charge in [0.05, 0.1) is 5.69 Å². The van der Waals surface area contributed by atoms with E-state index in [1.807, 2.05) is 33.7 Å². The summed E-state index contributed by atoms with van der Waals surface area (Å²) in [5.41, 5.74) is 3.18. The van der Waals surface area contributed by atoms with Gasteiger partial charge in [-0.3, -0.25) is 9.59 Å². The van der Waals surface area contributed by atoms with Crippen molar-refractivity contribution in [3.63, 3.8) is 0 Å². The van der Waals surface area contributed by atoms with Crippen LogP contribution in [0.4, 0.5) is 5.69 Å². The number of rotatable bonds is 8. The van der Waals surface area contributed by atoms with Crippen LogP contribution in [-0.4, -0.2) is 39.4 Å². The molecule has 0 atom stereocenters. The van der Waals surface area contributed by atoms with E-state index in [9.17, 15) is 9.59 Å². The van der Waals surface area contributed by atoms with Gasteiger partial charge in [0, 0.05) is 25.3 Å². The first-order valence-electron chi connectivity index (χ1n) is 10.9. The number of aryl methyl sites for hydroxylation is 1. The molecule has 0 bridgehead atoms. The van der Waals surface area contributed by atoms with E-state index in [0.29, 0.717) is 24.6 Å². The molecule has 6 heteroatoms. The monoisotopic (exact) mass is 396 g/mol.